The second-order valence-electron chi connectivity index (χ2n) is 6.62. The molecule has 4 rings (SSSR count). The molecule has 0 saturated carbocycles. The van der Waals surface area contributed by atoms with Crippen LogP contribution >= 0.6 is 0 Å². The van der Waals surface area contributed by atoms with Gasteiger partial charge in [0.1, 0.15) is 5.82 Å². The summed E-state index contributed by atoms with van der Waals surface area (Å²) >= 11 is 0. The molecule has 0 spiro atoms. The summed E-state index contributed by atoms with van der Waals surface area (Å²) in [4.78, 5) is 20.8. The first-order valence-corrected chi connectivity index (χ1v) is 9.40. The van der Waals surface area contributed by atoms with Gasteiger partial charge in [-0.25, -0.2) is 9.97 Å². The minimum absolute atomic E-state index is 0.0225. The minimum Gasteiger partial charge on any atom is -0.477 e. The molecule has 3 aromatic heterocycles. The van der Waals surface area contributed by atoms with E-state index in [4.69, 9.17) is 15.0 Å². The molecular formula is C20H16F3N7O2. The van der Waals surface area contributed by atoms with E-state index in [0.29, 0.717) is 17.8 Å². The van der Waals surface area contributed by atoms with Crippen molar-refractivity contribution in [2.24, 2.45) is 0 Å². The molecule has 0 fully saturated rings. The normalized spacial score (nSPS) is 11.5. The van der Waals surface area contributed by atoms with Crippen molar-refractivity contribution in [2.75, 3.05) is 12.3 Å². The van der Waals surface area contributed by atoms with Crippen molar-refractivity contribution in [2.45, 2.75) is 19.0 Å². The number of nitrogen functional groups attached to an aromatic ring is 1. The van der Waals surface area contributed by atoms with Crippen LogP contribution in [0.3, 0.4) is 0 Å². The van der Waals surface area contributed by atoms with Crippen molar-refractivity contribution in [1.82, 2.24) is 30.1 Å². The molecule has 164 valence electrons. The Balaban J connectivity index is 1.48. The Kier molecular flexibility index (Phi) is 5.92. The van der Waals surface area contributed by atoms with Crippen LogP contribution in [0.4, 0.5) is 19.1 Å². The number of pyridine rings is 1. The molecule has 0 radical (unpaired) electrons. The van der Waals surface area contributed by atoms with Crippen LogP contribution < -0.4 is 10.5 Å². The van der Waals surface area contributed by atoms with Crippen LogP contribution in [0.1, 0.15) is 17.8 Å². The summed E-state index contributed by atoms with van der Waals surface area (Å²) in [5, 5.41) is 3.87. The number of alkyl halides is 3. The first kappa shape index (κ1) is 21.2. The lowest BCUT2D eigenvalue weighted by atomic mass is 10.1. The van der Waals surface area contributed by atoms with Crippen LogP contribution in [0.15, 0.2) is 53.2 Å². The predicted molar refractivity (Wildman–Crippen MR) is 106 cm³/mol. The molecule has 3 heterocycles. The highest BCUT2D eigenvalue weighted by Crippen LogP contribution is 2.23. The lowest BCUT2D eigenvalue weighted by Crippen LogP contribution is -2.13. The van der Waals surface area contributed by atoms with Gasteiger partial charge in [0.05, 0.1) is 18.6 Å². The molecule has 0 saturated heterocycles. The fourth-order valence-corrected chi connectivity index (χ4v) is 2.69. The molecule has 0 aliphatic rings. The average molecular weight is 443 g/mol. The number of ether oxygens (including phenoxy) is 1. The van der Waals surface area contributed by atoms with Gasteiger partial charge in [0.2, 0.25) is 23.5 Å². The number of nitrogens with two attached hydrogens (primary N) is 1. The highest BCUT2D eigenvalue weighted by Gasteiger charge is 2.27. The van der Waals surface area contributed by atoms with E-state index >= 15 is 0 Å². The predicted octanol–water partition coefficient (Wildman–Crippen LogP) is 3.49. The van der Waals surface area contributed by atoms with Crippen LogP contribution in [0.2, 0.25) is 0 Å². The third-order valence-electron chi connectivity index (χ3n) is 4.15. The monoisotopic (exact) mass is 443 g/mol. The number of hydrogen-bond acceptors (Lipinski definition) is 9. The topological polar surface area (TPSA) is 126 Å². The van der Waals surface area contributed by atoms with Gasteiger partial charge in [-0.2, -0.15) is 28.1 Å². The molecule has 0 aliphatic heterocycles. The number of anilines is 1. The van der Waals surface area contributed by atoms with Crippen molar-refractivity contribution in [3.8, 4) is 29.0 Å². The number of halogens is 3. The number of hydrogen-bond donors (Lipinski definition) is 1. The van der Waals surface area contributed by atoms with Gasteiger partial charge in [-0.3, -0.25) is 0 Å². The molecule has 1 aromatic carbocycles. The summed E-state index contributed by atoms with van der Waals surface area (Å²) in [7, 11) is 0. The van der Waals surface area contributed by atoms with Crippen molar-refractivity contribution in [1.29, 1.82) is 0 Å². The lowest BCUT2D eigenvalue weighted by Gasteiger charge is -2.07. The number of rotatable bonds is 7. The zero-order chi connectivity index (χ0) is 22.6. The Bertz CT molecular complexity index is 1180. The van der Waals surface area contributed by atoms with Gasteiger partial charge >= 0.3 is 6.18 Å². The summed E-state index contributed by atoms with van der Waals surface area (Å²) in [5.74, 6) is 0.903. The molecule has 9 nitrogen and oxygen atoms in total. The van der Waals surface area contributed by atoms with Crippen LogP contribution in [0, 0.1) is 0 Å². The van der Waals surface area contributed by atoms with E-state index in [-0.39, 0.29) is 29.4 Å². The van der Waals surface area contributed by atoms with E-state index in [0.717, 1.165) is 5.56 Å². The first-order chi connectivity index (χ1) is 15.4. The Morgan fingerprint density at radius 1 is 0.938 bits per heavy atom. The van der Waals surface area contributed by atoms with E-state index in [1.807, 2.05) is 30.3 Å². The molecule has 0 atom stereocenters. The highest BCUT2D eigenvalue weighted by molar-refractivity contribution is 5.55. The highest BCUT2D eigenvalue weighted by atomic mass is 19.4. The van der Waals surface area contributed by atoms with Crippen LogP contribution in [0.5, 0.6) is 5.88 Å². The molecule has 0 unspecified atom stereocenters. The molecule has 0 amide bonds. The Labute approximate surface area is 179 Å². The maximum Gasteiger partial charge on any atom is 0.392 e. The van der Waals surface area contributed by atoms with Gasteiger partial charge in [0.25, 0.3) is 5.89 Å². The zero-order valence-corrected chi connectivity index (χ0v) is 16.5. The molecule has 0 aliphatic carbocycles. The molecule has 0 bridgehead atoms. The Hall–Kier alpha value is -4.09. The van der Waals surface area contributed by atoms with Crippen molar-refractivity contribution in [3.63, 3.8) is 0 Å². The van der Waals surface area contributed by atoms with Crippen molar-refractivity contribution < 1.29 is 22.4 Å². The number of benzene rings is 1. The molecule has 4 aromatic rings. The van der Waals surface area contributed by atoms with Gasteiger partial charge in [-0.05, 0) is 11.6 Å². The second-order valence-corrected chi connectivity index (χ2v) is 6.62. The van der Waals surface area contributed by atoms with E-state index in [9.17, 15) is 13.2 Å². The first-order valence-electron chi connectivity index (χ1n) is 9.40. The van der Waals surface area contributed by atoms with Gasteiger partial charge in [0, 0.05) is 18.7 Å². The van der Waals surface area contributed by atoms with Crippen molar-refractivity contribution >= 4 is 5.95 Å². The van der Waals surface area contributed by atoms with E-state index in [2.05, 4.69) is 30.1 Å². The molecular weight excluding hydrogens is 427 g/mol. The third kappa shape index (κ3) is 5.53. The fraction of sp³-hybridized carbons (Fsp3) is 0.200. The molecule has 12 heteroatoms. The summed E-state index contributed by atoms with van der Waals surface area (Å²) in [6.07, 6.45) is -3.56. The van der Waals surface area contributed by atoms with Gasteiger partial charge in [-0.1, -0.05) is 35.5 Å². The maximum atomic E-state index is 12.2. The van der Waals surface area contributed by atoms with Crippen molar-refractivity contribution in [3.05, 3.63) is 60.0 Å². The van der Waals surface area contributed by atoms with Gasteiger partial charge in [-0.15, -0.1) is 0 Å². The molecule has 32 heavy (non-hydrogen) atoms. The SMILES string of the molecule is Nc1nc(Cc2ccccc2)nc(-c2noc(-c3ccc(OCCC(F)(F)F)nc3)n2)n1. The summed E-state index contributed by atoms with van der Waals surface area (Å²) in [6, 6.07) is 12.6. The summed E-state index contributed by atoms with van der Waals surface area (Å²) < 4.78 is 46.8. The third-order valence-corrected chi connectivity index (χ3v) is 4.15. The fourth-order valence-electron chi connectivity index (χ4n) is 2.69. The Morgan fingerprint density at radius 2 is 1.75 bits per heavy atom. The number of aromatic nitrogens is 6. The minimum atomic E-state index is -4.29. The van der Waals surface area contributed by atoms with Crippen LogP contribution in [-0.4, -0.2) is 42.9 Å². The second kappa shape index (κ2) is 8.96. The number of nitrogens with zero attached hydrogens (tertiary/aromatic N) is 6. The Morgan fingerprint density at radius 3 is 2.47 bits per heavy atom. The van der Waals surface area contributed by atoms with E-state index in [1.165, 1.54) is 18.3 Å². The smallest absolute Gasteiger partial charge is 0.392 e. The van der Waals surface area contributed by atoms with E-state index < -0.39 is 19.2 Å². The van der Waals surface area contributed by atoms with Crippen LogP contribution in [-0.2, 0) is 6.42 Å². The zero-order valence-electron chi connectivity index (χ0n) is 16.5. The summed E-state index contributed by atoms with van der Waals surface area (Å²) in [6.45, 7) is -0.521. The maximum absolute atomic E-state index is 12.2. The summed E-state index contributed by atoms with van der Waals surface area (Å²) in [5.41, 5.74) is 7.25. The average Bonchev–Trinajstić information content (AvgIpc) is 3.24. The quantitative estimate of drug-likeness (QED) is 0.457. The largest absolute Gasteiger partial charge is 0.477 e. The van der Waals surface area contributed by atoms with E-state index in [1.54, 1.807) is 0 Å². The van der Waals surface area contributed by atoms with Gasteiger partial charge < -0.3 is 15.0 Å². The standard InChI is InChI=1S/C20H16F3N7O2/c21-20(22,23)8-9-31-15-7-6-13(11-25-15)18-28-17(30-32-18)16-26-14(27-19(24)29-16)10-12-4-2-1-3-5-12/h1-7,11H,8-10H2,(H2,24,26,27,29). The van der Waals surface area contributed by atoms with Gasteiger partial charge in [0.15, 0.2) is 0 Å². The van der Waals surface area contributed by atoms with Crippen LogP contribution in [0.25, 0.3) is 23.1 Å². The lowest BCUT2D eigenvalue weighted by molar-refractivity contribution is -0.139. The molecule has 2 N–H and O–H groups in total.